The van der Waals surface area contributed by atoms with Crippen molar-refractivity contribution in [1.82, 2.24) is 0 Å². The standard InChI is InChI=1S/C14H23FN2/c1-3-5-7-11(4-2)10-17-13-9-6-8-12(15)14(13)16/h6,8-9,11,17H,3-5,7,10,16H2,1-2H3. The summed E-state index contributed by atoms with van der Waals surface area (Å²) in [4.78, 5) is 0. The van der Waals surface area contributed by atoms with E-state index in [1.54, 1.807) is 6.07 Å². The largest absolute Gasteiger partial charge is 0.395 e. The second-order valence-corrected chi connectivity index (χ2v) is 4.50. The van der Waals surface area contributed by atoms with Gasteiger partial charge in [-0.15, -0.1) is 0 Å². The number of benzene rings is 1. The highest BCUT2D eigenvalue weighted by Gasteiger charge is 2.08. The van der Waals surface area contributed by atoms with Crippen LogP contribution in [0.4, 0.5) is 15.8 Å². The third kappa shape index (κ3) is 4.25. The van der Waals surface area contributed by atoms with Crippen molar-refractivity contribution < 1.29 is 4.39 Å². The van der Waals surface area contributed by atoms with E-state index in [-0.39, 0.29) is 11.5 Å². The van der Waals surface area contributed by atoms with Crippen LogP contribution in [0.15, 0.2) is 18.2 Å². The highest BCUT2D eigenvalue weighted by atomic mass is 19.1. The number of unbranched alkanes of at least 4 members (excludes halogenated alkanes) is 1. The number of nitrogen functional groups attached to an aromatic ring is 1. The Bertz CT molecular complexity index is 339. The summed E-state index contributed by atoms with van der Waals surface area (Å²) in [6, 6.07) is 4.89. The first-order valence-electron chi connectivity index (χ1n) is 6.46. The first-order chi connectivity index (χ1) is 8.19. The lowest BCUT2D eigenvalue weighted by Crippen LogP contribution is -2.14. The summed E-state index contributed by atoms with van der Waals surface area (Å²) in [6.07, 6.45) is 4.83. The Morgan fingerprint density at radius 1 is 1.35 bits per heavy atom. The highest BCUT2D eigenvalue weighted by molar-refractivity contribution is 5.66. The van der Waals surface area contributed by atoms with Crippen LogP contribution < -0.4 is 11.1 Å². The van der Waals surface area contributed by atoms with E-state index in [0.717, 1.165) is 13.0 Å². The third-order valence-electron chi connectivity index (χ3n) is 3.18. The molecule has 0 aliphatic rings. The molecule has 3 N–H and O–H groups in total. The zero-order valence-electron chi connectivity index (χ0n) is 10.8. The molecule has 0 spiro atoms. The number of anilines is 2. The minimum atomic E-state index is -0.350. The van der Waals surface area contributed by atoms with Crippen LogP contribution in [0.1, 0.15) is 39.5 Å². The van der Waals surface area contributed by atoms with Crippen molar-refractivity contribution in [2.75, 3.05) is 17.6 Å². The van der Waals surface area contributed by atoms with E-state index in [1.165, 1.54) is 25.3 Å². The number of para-hydroxylation sites is 1. The normalized spacial score (nSPS) is 12.4. The quantitative estimate of drug-likeness (QED) is 0.704. The molecular formula is C14H23FN2. The SMILES string of the molecule is CCCCC(CC)CNc1cccc(F)c1N. The van der Waals surface area contributed by atoms with Gasteiger partial charge in [-0.25, -0.2) is 4.39 Å². The summed E-state index contributed by atoms with van der Waals surface area (Å²) in [5.74, 6) is 0.286. The highest BCUT2D eigenvalue weighted by Crippen LogP contribution is 2.22. The lowest BCUT2D eigenvalue weighted by atomic mass is 9.99. The van der Waals surface area contributed by atoms with Gasteiger partial charge in [-0.1, -0.05) is 39.2 Å². The van der Waals surface area contributed by atoms with Crippen molar-refractivity contribution in [1.29, 1.82) is 0 Å². The number of nitrogens with two attached hydrogens (primary N) is 1. The Labute approximate surface area is 103 Å². The maximum atomic E-state index is 13.2. The average molecular weight is 238 g/mol. The fourth-order valence-electron chi connectivity index (χ4n) is 1.89. The second-order valence-electron chi connectivity index (χ2n) is 4.50. The van der Waals surface area contributed by atoms with Crippen molar-refractivity contribution in [2.24, 2.45) is 5.92 Å². The van der Waals surface area contributed by atoms with E-state index in [4.69, 9.17) is 5.73 Å². The topological polar surface area (TPSA) is 38.0 Å². The van der Waals surface area contributed by atoms with Gasteiger partial charge in [-0.3, -0.25) is 0 Å². The molecule has 0 aromatic heterocycles. The third-order valence-corrected chi connectivity index (χ3v) is 3.18. The van der Waals surface area contributed by atoms with Gasteiger partial charge in [0.15, 0.2) is 0 Å². The maximum Gasteiger partial charge on any atom is 0.148 e. The summed E-state index contributed by atoms with van der Waals surface area (Å²) in [7, 11) is 0. The van der Waals surface area contributed by atoms with Gasteiger partial charge < -0.3 is 11.1 Å². The number of nitrogens with one attached hydrogen (secondary N) is 1. The molecule has 1 aromatic rings. The van der Waals surface area contributed by atoms with Crippen LogP contribution >= 0.6 is 0 Å². The van der Waals surface area contributed by atoms with E-state index < -0.39 is 0 Å². The van der Waals surface area contributed by atoms with E-state index in [9.17, 15) is 4.39 Å². The number of rotatable bonds is 7. The molecule has 0 saturated carbocycles. The van der Waals surface area contributed by atoms with Crippen molar-refractivity contribution >= 4 is 11.4 Å². The summed E-state index contributed by atoms with van der Waals surface area (Å²) in [6.45, 7) is 5.26. The minimum absolute atomic E-state index is 0.220. The summed E-state index contributed by atoms with van der Waals surface area (Å²) < 4.78 is 13.2. The van der Waals surface area contributed by atoms with Gasteiger partial charge >= 0.3 is 0 Å². The molecule has 1 atom stereocenters. The molecule has 0 saturated heterocycles. The monoisotopic (exact) mass is 238 g/mol. The molecule has 0 fully saturated rings. The molecule has 3 heteroatoms. The minimum Gasteiger partial charge on any atom is -0.395 e. The van der Waals surface area contributed by atoms with Crippen molar-refractivity contribution in [2.45, 2.75) is 39.5 Å². The van der Waals surface area contributed by atoms with E-state index in [1.807, 2.05) is 6.07 Å². The molecule has 0 aliphatic heterocycles. The molecule has 1 aromatic carbocycles. The van der Waals surface area contributed by atoms with Crippen molar-refractivity contribution in [3.63, 3.8) is 0 Å². The predicted octanol–water partition coefficient (Wildman–Crippen LogP) is 4.04. The fourth-order valence-corrected chi connectivity index (χ4v) is 1.89. The Hall–Kier alpha value is -1.25. The number of halogens is 1. The molecule has 0 amide bonds. The van der Waals surface area contributed by atoms with Crippen molar-refractivity contribution in [3.05, 3.63) is 24.0 Å². The maximum absolute atomic E-state index is 13.2. The van der Waals surface area contributed by atoms with Crippen LogP contribution in [0, 0.1) is 11.7 Å². The molecule has 2 nitrogen and oxygen atoms in total. The van der Waals surface area contributed by atoms with Gasteiger partial charge in [0, 0.05) is 6.54 Å². The second kappa shape index (κ2) is 7.15. The molecule has 1 rings (SSSR count). The summed E-state index contributed by atoms with van der Waals surface area (Å²) >= 11 is 0. The number of hydrogen-bond donors (Lipinski definition) is 2. The van der Waals surface area contributed by atoms with Gasteiger partial charge in [0.1, 0.15) is 5.82 Å². The first-order valence-corrected chi connectivity index (χ1v) is 6.46. The molecular weight excluding hydrogens is 215 g/mol. The molecule has 0 aliphatic carbocycles. The fraction of sp³-hybridized carbons (Fsp3) is 0.571. The smallest absolute Gasteiger partial charge is 0.148 e. The van der Waals surface area contributed by atoms with E-state index in [0.29, 0.717) is 11.6 Å². The van der Waals surface area contributed by atoms with Crippen LogP contribution in [0.25, 0.3) is 0 Å². The predicted molar refractivity (Wildman–Crippen MR) is 72.6 cm³/mol. The van der Waals surface area contributed by atoms with Crippen LogP contribution in [0.3, 0.4) is 0 Å². The zero-order valence-corrected chi connectivity index (χ0v) is 10.8. The molecule has 0 radical (unpaired) electrons. The Balaban J connectivity index is 2.50. The average Bonchev–Trinajstić information content (AvgIpc) is 2.34. The van der Waals surface area contributed by atoms with Crippen LogP contribution in [-0.2, 0) is 0 Å². The van der Waals surface area contributed by atoms with E-state index >= 15 is 0 Å². The Morgan fingerprint density at radius 3 is 2.76 bits per heavy atom. The first kappa shape index (κ1) is 13.8. The van der Waals surface area contributed by atoms with Gasteiger partial charge in [-0.2, -0.15) is 0 Å². The van der Waals surface area contributed by atoms with Crippen LogP contribution in [-0.4, -0.2) is 6.54 Å². The molecule has 0 heterocycles. The molecule has 17 heavy (non-hydrogen) atoms. The number of hydrogen-bond acceptors (Lipinski definition) is 2. The molecule has 0 bridgehead atoms. The Kier molecular flexibility index (Phi) is 5.81. The van der Waals surface area contributed by atoms with Gasteiger partial charge in [-0.05, 0) is 24.5 Å². The van der Waals surface area contributed by atoms with Crippen molar-refractivity contribution in [3.8, 4) is 0 Å². The summed E-state index contributed by atoms with van der Waals surface area (Å²) in [5.41, 5.74) is 6.60. The van der Waals surface area contributed by atoms with Gasteiger partial charge in [0.2, 0.25) is 0 Å². The van der Waals surface area contributed by atoms with Crippen LogP contribution in [0.2, 0.25) is 0 Å². The molecule has 1 unspecified atom stereocenters. The van der Waals surface area contributed by atoms with Crippen LogP contribution in [0.5, 0.6) is 0 Å². The molecule has 96 valence electrons. The Morgan fingerprint density at radius 2 is 2.12 bits per heavy atom. The lowest BCUT2D eigenvalue weighted by Gasteiger charge is -2.17. The van der Waals surface area contributed by atoms with Gasteiger partial charge in [0.05, 0.1) is 11.4 Å². The summed E-state index contributed by atoms with van der Waals surface area (Å²) in [5, 5.41) is 3.25. The van der Waals surface area contributed by atoms with Gasteiger partial charge in [0.25, 0.3) is 0 Å². The lowest BCUT2D eigenvalue weighted by molar-refractivity contribution is 0.473. The zero-order chi connectivity index (χ0) is 12.7. The van der Waals surface area contributed by atoms with E-state index in [2.05, 4.69) is 19.2 Å².